The van der Waals surface area contributed by atoms with Gasteiger partial charge in [-0.25, -0.2) is 0 Å². The van der Waals surface area contributed by atoms with Crippen molar-refractivity contribution in [3.63, 3.8) is 0 Å². The van der Waals surface area contributed by atoms with Crippen molar-refractivity contribution in [1.82, 2.24) is 0 Å². The zero-order valence-electron chi connectivity index (χ0n) is 13.1. The number of hydrogen-bond acceptors (Lipinski definition) is 2. The summed E-state index contributed by atoms with van der Waals surface area (Å²) in [4.78, 5) is 2.28. The van der Waals surface area contributed by atoms with Crippen molar-refractivity contribution in [2.24, 2.45) is 0 Å². The molecule has 0 fully saturated rings. The quantitative estimate of drug-likeness (QED) is 0.322. The molecule has 4 heteroatoms. The van der Waals surface area contributed by atoms with Crippen LogP contribution in [-0.2, 0) is 0 Å². The first-order valence-corrected chi connectivity index (χ1v) is 9.54. The van der Waals surface area contributed by atoms with Gasteiger partial charge in [0.2, 0.25) is 0 Å². The third-order valence-corrected chi connectivity index (χ3v) is 5.26. The summed E-state index contributed by atoms with van der Waals surface area (Å²) < 4.78 is 0.959. The first kappa shape index (κ1) is 17.8. The Bertz CT molecular complexity index is 941. The molecule has 0 amide bonds. The molecular weight excluding hydrogens is 414 g/mol. The SMILES string of the molecule is N#C/C(=C/c1ccc(Sc2ccc(Cl)cc2)cc1)c1cccc(Br)c1. The van der Waals surface area contributed by atoms with Gasteiger partial charge in [0.15, 0.2) is 0 Å². The van der Waals surface area contributed by atoms with Crippen LogP contribution in [0.5, 0.6) is 0 Å². The van der Waals surface area contributed by atoms with Gasteiger partial charge in [0.1, 0.15) is 0 Å². The molecule has 3 rings (SSSR count). The van der Waals surface area contributed by atoms with Crippen LogP contribution in [0.25, 0.3) is 11.6 Å². The van der Waals surface area contributed by atoms with Gasteiger partial charge in [-0.2, -0.15) is 5.26 Å². The Balaban J connectivity index is 1.79. The van der Waals surface area contributed by atoms with Crippen molar-refractivity contribution in [1.29, 1.82) is 5.26 Å². The Hall–Kier alpha value is -1.99. The predicted octanol–water partition coefficient (Wildman–Crippen LogP) is 7.32. The van der Waals surface area contributed by atoms with Crippen molar-refractivity contribution in [3.05, 3.63) is 93.4 Å². The number of halogens is 2. The summed E-state index contributed by atoms with van der Waals surface area (Å²) in [6.07, 6.45) is 1.90. The minimum atomic E-state index is 0.638. The number of nitrogens with zero attached hydrogens (tertiary/aromatic N) is 1. The summed E-state index contributed by atoms with van der Waals surface area (Å²) in [5, 5.41) is 10.2. The lowest BCUT2D eigenvalue weighted by Crippen LogP contribution is -1.82. The monoisotopic (exact) mass is 425 g/mol. The van der Waals surface area contributed by atoms with Crippen LogP contribution in [0.4, 0.5) is 0 Å². The van der Waals surface area contributed by atoms with E-state index in [0.29, 0.717) is 5.57 Å². The van der Waals surface area contributed by atoms with Crippen molar-refractivity contribution in [2.45, 2.75) is 9.79 Å². The van der Waals surface area contributed by atoms with E-state index < -0.39 is 0 Å². The summed E-state index contributed by atoms with van der Waals surface area (Å²) in [7, 11) is 0. The molecule has 25 heavy (non-hydrogen) atoms. The Kier molecular flexibility index (Phi) is 5.99. The first-order chi connectivity index (χ1) is 12.1. The van der Waals surface area contributed by atoms with Crippen molar-refractivity contribution in [3.8, 4) is 6.07 Å². The molecule has 3 aromatic rings. The molecule has 0 N–H and O–H groups in total. The third kappa shape index (κ3) is 4.99. The fourth-order valence-corrected chi connectivity index (χ4v) is 3.62. The molecule has 122 valence electrons. The highest BCUT2D eigenvalue weighted by Crippen LogP contribution is 2.29. The summed E-state index contributed by atoms with van der Waals surface area (Å²) in [6.45, 7) is 0. The van der Waals surface area contributed by atoms with Gasteiger partial charge >= 0.3 is 0 Å². The van der Waals surface area contributed by atoms with Crippen molar-refractivity contribution in [2.75, 3.05) is 0 Å². The lowest BCUT2D eigenvalue weighted by atomic mass is 10.0. The van der Waals surface area contributed by atoms with E-state index in [1.54, 1.807) is 11.8 Å². The Morgan fingerprint density at radius 3 is 2.20 bits per heavy atom. The zero-order valence-corrected chi connectivity index (χ0v) is 16.3. The van der Waals surface area contributed by atoms with Gasteiger partial charge in [-0.1, -0.05) is 63.6 Å². The first-order valence-electron chi connectivity index (χ1n) is 7.55. The van der Waals surface area contributed by atoms with E-state index >= 15 is 0 Å². The minimum Gasteiger partial charge on any atom is -0.192 e. The number of allylic oxidation sites excluding steroid dienone is 1. The second kappa shape index (κ2) is 8.40. The third-order valence-electron chi connectivity index (χ3n) is 3.50. The van der Waals surface area contributed by atoms with E-state index in [1.807, 2.05) is 66.7 Å². The van der Waals surface area contributed by atoms with Crippen LogP contribution >= 0.6 is 39.3 Å². The van der Waals surface area contributed by atoms with Crippen LogP contribution in [0, 0.1) is 11.3 Å². The summed E-state index contributed by atoms with van der Waals surface area (Å²) in [5.74, 6) is 0. The average molecular weight is 427 g/mol. The van der Waals surface area contributed by atoms with Crippen molar-refractivity contribution >= 4 is 50.9 Å². The molecule has 0 bridgehead atoms. The van der Waals surface area contributed by atoms with E-state index in [0.717, 1.165) is 30.4 Å². The van der Waals surface area contributed by atoms with Gasteiger partial charge in [0.25, 0.3) is 0 Å². The molecule has 0 aromatic heterocycles. The average Bonchev–Trinajstić information content (AvgIpc) is 2.63. The van der Waals surface area contributed by atoms with Gasteiger partial charge in [-0.15, -0.1) is 0 Å². The number of nitriles is 1. The van der Waals surface area contributed by atoms with Crippen LogP contribution in [-0.4, -0.2) is 0 Å². The predicted molar refractivity (Wildman–Crippen MR) is 110 cm³/mol. The van der Waals surface area contributed by atoms with Crippen LogP contribution < -0.4 is 0 Å². The molecular formula is C21H13BrClNS. The molecule has 0 saturated carbocycles. The maximum absolute atomic E-state index is 9.46. The molecule has 3 aromatic carbocycles. The van der Waals surface area contributed by atoms with E-state index in [9.17, 15) is 5.26 Å². The van der Waals surface area contributed by atoms with Gasteiger partial charge < -0.3 is 0 Å². The standard InChI is InChI=1S/C21H13BrClNS/c22-18-3-1-2-16(13-18)17(14-24)12-15-4-8-20(9-5-15)25-21-10-6-19(23)7-11-21/h1-13H/b17-12-. The molecule has 0 atom stereocenters. The van der Waals surface area contributed by atoms with Crippen LogP contribution in [0.3, 0.4) is 0 Å². The number of benzene rings is 3. The number of hydrogen-bond donors (Lipinski definition) is 0. The van der Waals surface area contributed by atoms with Crippen LogP contribution in [0.15, 0.2) is 87.1 Å². The highest BCUT2D eigenvalue weighted by molar-refractivity contribution is 9.10. The fraction of sp³-hybridized carbons (Fsp3) is 0. The molecule has 0 saturated heterocycles. The molecule has 1 nitrogen and oxygen atoms in total. The summed E-state index contributed by atoms with van der Waals surface area (Å²) in [5.41, 5.74) is 2.54. The molecule has 0 heterocycles. The normalized spacial score (nSPS) is 11.2. The molecule has 0 aliphatic heterocycles. The van der Waals surface area contributed by atoms with Gasteiger partial charge in [-0.3, -0.25) is 0 Å². The van der Waals surface area contributed by atoms with Crippen molar-refractivity contribution < 1.29 is 0 Å². The molecule has 0 aliphatic carbocycles. The minimum absolute atomic E-state index is 0.638. The topological polar surface area (TPSA) is 23.8 Å². The molecule has 0 aliphatic rings. The second-order valence-electron chi connectivity index (χ2n) is 5.31. The zero-order chi connectivity index (χ0) is 17.6. The Morgan fingerprint density at radius 1 is 0.960 bits per heavy atom. The summed E-state index contributed by atoms with van der Waals surface area (Å²) in [6, 6.07) is 26.0. The highest BCUT2D eigenvalue weighted by Gasteiger charge is 2.03. The smallest absolute Gasteiger partial charge is 0.0998 e. The van der Waals surface area contributed by atoms with Crippen LogP contribution in [0.1, 0.15) is 11.1 Å². The molecule has 0 unspecified atom stereocenters. The molecule has 0 spiro atoms. The van der Waals surface area contributed by atoms with E-state index in [-0.39, 0.29) is 0 Å². The Morgan fingerprint density at radius 2 is 1.60 bits per heavy atom. The van der Waals surface area contributed by atoms with E-state index in [2.05, 4.69) is 34.1 Å². The van der Waals surface area contributed by atoms with E-state index in [4.69, 9.17) is 11.6 Å². The van der Waals surface area contributed by atoms with Gasteiger partial charge in [0.05, 0.1) is 11.6 Å². The highest BCUT2D eigenvalue weighted by atomic mass is 79.9. The lowest BCUT2D eigenvalue weighted by Gasteiger charge is -2.04. The molecule has 0 radical (unpaired) electrons. The maximum atomic E-state index is 9.46. The summed E-state index contributed by atoms with van der Waals surface area (Å²) >= 11 is 11.0. The van der Waals surface area contributed by atoms with E-state index in [1.165, 1.54) is 0 Å². The number of rotatable bonds is 4. The fourth-order valence-electron chi connectivity index (χ4n) is 2.27. The lowest BCUT2D eigenvalue weighted by molar-refractivity contribution is 1.40. The maximum Gasteiger partial charge on any atom is 0.0998 e. The second-order valence-corrected chi connectivity index (χ2v) is 7.80. The van der Waals surface area contributed by atoms with Gasteiger partial charge in [0, 0.05) is 19.3 Å². The largest absolute Gasteiger partial charge is 0.192 e. The van der Waals surface area contributed by atoms with Crippen LogP contribution in [0.2, 0.25) is 5.02 Å². The Labute approximate surface area is 165 Å². The van der Waals surface area contributed by atoms with Gasteiger partial charge in [-0.05, 0) is 65.7 Å².